The van der Waals surface area contributed by atoms with Gasteiger partial charge in [-0.2, -0.15) is 0 Å². The van der Waals surface area contributed by atoms with Gasteiger partial charge in [-0.05, 0) is 42.5 Å². The molecule has 0 aliphatic heterocycles. The molecule has 0 radical (unpaired) electrons. The molecule has 3 atom stereocenters. The van der Waals surface area contributed by atoms with E-state index in [1.165, 1.54) is 6.92 Å². The molecule has 5 N–H and O–H groups in total. The lowest BCUT2D eigenvalue weighted by atomic mass is 10.0. The van der Waals surface area contributed by atoms with Crippen molar-refractivity contribution in [3.05, 3.63) is 107 Å². The van der Waals surface area contributed by atoms with Crippen LogP contribution < -0.4 is 16.0 Å². The van der Waals surface area contributed by atoms with Gasteiger partial charge in [-0.15, -0.1) is 0 Å². The van der Waals surface area contributed by atoms with Crippen molar-refractivity contribution in [3.63, 3.8) is 0 Å². The van der Waals surface area contributed by atoms with Crippen molar-refractivity contribution in [1.82, 2.24) is 16.0 Å². The number of carboxylic acid groups (broad SMARTS) is 2. The zero-order valence-electron chi connectivity index (χ0n) is 27.2. The van der Waals surface area contributed by atoms with Crippen LogP contribution >= 0.6 is 0 Å². The Labute approximate surface area is 281 Å². The number of ether oxygens (including phenoxy) is 1. The first-order valence-corrected chi connectivity index (χ1v) is 15.2. The highest BCUT2D eigenvalue weighted by Gasteiger charge is 2.29. The van der Waals surface area contributed by atoms with Crippen LogP contribution in [0.5, 0.6) is 0 Å². The average Bonchev–Trinajstić information content (AvgIpc) is 3.03. The Balaban J connectivity index is 0.000000495. The summed E-state index contributed by atoms with van der Waals surface area (Å²) < 4.78 is 30.9. The van der Waals surface area contributed by atoms with Gasteiger partial charge >= 0.3 is 18.0 Å². The minimum Gasteiger partial charge on any atom is -0.481 e. The molecule has 3 rings (SSSR count). The number of rotatable bonds is 15. The van der Waals surface area contributed by atoms with Crippen LogP contribution in [0.15, 0.2) is 78.9 Å². The van der Waals surface area contributed by atoms with E-state index in [2.05, 4.69) is 16.0 Å². The molecular formula is C35H39F2N3O9. The van der Waals surface area contributed by atoms with Gasteiger partial charge in [0, 0.05) is 6.42 Å². The highest BCUT2D eigenvalue weighted by Crippen LogP contribution is 2.14. The second kappa shape index (κ2) is 19.9. The van der Waals surface area contributed by atoms with E-state index < -0.39 is 77.4 Å². The standard InChI is InChI=1S/C26H33N3O6.C9H6F2O3/c1-17(2)14-21(24(31)29-22(25(32)33)15-19-10-6-4-7-11-19)28-23(30)18(3)27-26(34)35-16-20-12-8-5-9-13-20;10-5-2-1-3-6(11)9(5)7(12)4-8(13)14/h4-13,17-18,21-22H,14-16H2,1-3H3,(H,27,34)(H,28,30)(H,29,31)(H,32,33);1-3H,4H2,(H,13,14)/t18-,21+,22+;/m1./s1. The van der Waals surface area contributed by atoms with Gasteiger partial charge in [-0.25, -0.2) is 18.4 Å². The summed E-state index contributed by atoms with van der Waals surface area (Å²) in [6, 6.07) is 17.9. The predicted molar refractivity (Wildman–Crippen MR) is 173 cm³/mol. The first-order chi connectivity index (χ1) is 23.2. The SMILES string of the molecule is CC(C)C[C@H](NC(=O)[C@@H](C)NC(=O)OCc1ccccc1)C(=O)N[C@@H](Cc1ccccc1)C(=O)O.O=C(O)CC(=O)c1c(F)cccc1F. The lowest BCUT2D eigenvalue weighted by Gasteiger charge is -2.24. The normalized spacial score (nSPS) is 12.3. The first-order valence-electron chi connectivity index (χ1n) is 15.2. The van der Waals surface area contributed by atoms with Crippen LogP contribution in [-0.4, -0.2) is 64.0 Å². The third-order valence-corrected chi connectivity index (χ3v) is 6.73. The number of halogens is 2. The zero-order valence-corrected chi connectivity index (χ0v) is 27.2. The van der Waals surface area contributed by atoms with Crippen LogP contribution in [0.4, 0.5) is 13.6 Å². The molecule has 0 aliphatic rings. The van der Waals surface area contributed by atoms with Crippen molar-refractivity contribution in [2.75, 3.05) is 0 Å². The number of hydrogen-bond acceptors (Lipinski definition) is 7. The van der Waals surface area contributed by atoms with Crippen molar-refractivity contribution < 1.29 is 52.5 Å². The molecule has 0 fully saturated rings. The number of carboxylic acids is 2. The lowest BCUT2D eigenvalue weighted by Crippen LogP contribution is -2.55. The number of alkyl carbamates (subject to hydrolysis) is 1. The highest BCUT2D eigenvalue weighted by molar-refractivity contribution is 6.05. The van der Waals surface area contributed by atoms with E-state index in [0.29, 0.717) is 6.42 Å². The molecule has 262 valence electrons. The van der Waals surface area contributed by atoms with Gasteiger partial charge in [0.2, 0.25) is 11.8 Å². The fourth-order valence-electron chi connectivity index (χ4n) is 4.32. The van der Waals surface area contributed by atoms with Crippen LogP contribution in [-0.2, 0) is 36.9 Å². The molecule has 49 heavy (non-hydrogen) atoms. The molecule has 0 aromatic heterocycles. The number of carbonyl (C=O) groups is 6. The Morgan fingerprint density at radius 1 is 0.694 bits per heavy atom. The fourth-order valence-corrected chi connectivity index (χ4v) is 4.32. The number of amides is 3. The predicted octanol–water partition coefficient (Wildman–Crippen LogP) is 4.27. The van der Waals surface area contributed by atoms with E-state index in [1.807, 2.05) is 38.1 Å². The molecule has 3 aromatic carbocycles. The molecule has 0 saturated heterocycles. The maximum Gasteiger partial charge on any atom is 0.408 e. The largest absolute Gasteiger partial charge is 0.481 e. The van der Waals surface area contributed by atoms with Crippen molar-refractivity contribution in [2.24, 2.45) is 5.92 Å². The number of Topliss-reactive ketones (excluding diaryl/α,β-unsaturated/α-hetero) is 1. The summed E-state index contributed by atoms with van der Waals surface area (Å²) in [5, 5.41) is 25.4. The molecular weight excluding hydrogens is 644 g/mol. The Kier molecular flexibility index (Phi) is 16.0. The van der Waals surface area contributed by atoms with Crippen molar-refractivity contribution >= 4 is 35.6 Å². The number of benzene rings is 3. The third-order valence-electron chi connectivity index (χ3n) is 6.73. The molecule has 0 bridgehead atoms. The summed E-state index contributed by atoms with van der Waals surface area (Å²) in [7, 11) is 0. The molecule has 0 aliphatic carbocycles. The molecule has 14 heteroatoms. The number of hydrogen-bond donors (Lipinski definition) is 5. The second-order valence-corrected chi connectivity index (χ2v) is 11.3. The summed E-state index contributed by atoms with van der Waals surface area (Å²) in [6.45, 7) is 5.29. The first kappa shape index (κ1) is 39.5. The van der Waals surface area contributed by atoms with Crippen molar-refractivity contribution in [2.45, 2.75) is 64.8 Å². The van der Waals surface area contributed by atoms with Gasteiger partial charge in [0.15, 0.2) is 5.78 Å². The van der Waals surface area contributed by atoms with Gasteiger partial charge in [0.1, 0.15) is 42.8 Å². The van der Waals surface area contributed by atoms with E-state index in [1.54, 1.807) is 36.4 Å². The Bertz CT molecular complexity index is 1570. The smallest absolute Gasteiger partial charge is 0.408 e. The van der Waals surface area contributed by atoms with Crippen molar-refractivity contribution in [1.29, 1.82) is 0 Å². The second-order valence-electron chi connectivity index (χ2n) is 11.3. The Hall–Kier alpha value is -5.66. The average molecular weight is 684 g/mol. The van der Waals surface area contributed by atoms with Gasteiger partial charge in [0.25, 0.3) is 0 Å². The summed E-state index contributed by atoms with van der Waals surface area (Å²) in [4.78, 5) is 70.6. The van der Waals surface area contributed by atoms with Crippen LogP contribution in [0.25, 0.3) is 0 Å². The summed E-state index contributed by atoms with van der Waals surface area (Å²) in [5.74, 6) is -6.90. The fraction of sp³-hybridized carbons (Fsp3) is 0.314. The lowest BCUT2D eigenvalue weighted by molar-refractivity contribution is -0.142. The van der Waals surface area contributed by atoms with E-state index in [9.17, 15) is 42.7 Å². The van der Waals surface area contributed by atoms with Crippen LogP contribution in [0.3, 0.4) is 0 Å². The quantitative estimate of drug-likeness (QED) is 0.115. The zero-order chi connectivity index (χ0) is 36.5. The van der Waals surface area contributed by atoms with Crippen LogP contribution in [0.2, 0.25) is 0 Å². The van der Waals surface area contributed by atoms with Crippen LogP contribution in [0.1, 0.15) is 55.1 Å². The molecule has 0 heterocycles. The molecule has 3 aromatic rings. The van der Waals surface area contributed by atoms with E-state index in [-0.39, 0.29) is 18.9 Å². The maximum atomic E-state index is 12.9. The van der Waals surface area contributed by atoms with E-state index in [0.717, 1.165) is 29.3 Å². The Morgan fingerprint density at radius 2 is 1.22 bits per heavy atom. The number of carbonyl (C=O) groups excluding carboxylic acids is 4. The Morgan fingerprint density at radius 3 is 1.73 bits per heavy atom. The molecule has 12 nitrogen and oxygen atoms in total. The molecule has 0 saturated carbocycles. The molecule has 3 amide bonds. The summed E-state index contributed by atoms with van der Waals surface area (Å²) in [6.07, 6.45) is -1.29. The number of aliphatic carboxylic acids is 2. The van der Waals surface area contributed by atoms with Gasteiger partial charge in [-0.3, -0.25) is 19.2 Å². The van der Waals surface area contributed by atoms with Gasteiger partial charge in [-0.1, -0.05) is 80.6 Å². The number of ketones is 1. The molecule has 0 spiro atoms. The monoisotopic (exact) mass is 683 g/mol. The summed E-state index contributed by atoms with van der Waals surface area (Å²) in [5.41, 5.74) is 0.767. The minimum absolute atomic E-state index is 0.0440. The highest BCUT2D eigenvalue weighted by atomic mass is 19.1. The third kappa shape index (κ3) is 14.3. The molecule has 0 unspecified atom stereocenters. The van der Waals surface area contributed by atoms with Crippen LogP contribution in [0, 0.1) is 17.6 Å². The van der Waals surface area contributed by atoms with E-state index in [4.69, 9.17) is 9.84 Å². The topological polar surface area (TPSA) is 188 Å². The van der Waals surface area contributed by atoms with Crippen molar-refractivity contribution in [3.8, 4) is 0 Å². The summed E-state index contributed by atoms with van der Waals surface area (Å²) >= 11 is 0. The maximum absolute atomic E-state index is 12.9. The van der Waals surface area contributed by atoms with Gasteiger partial charge in [0.05, 0.1) is 5.56 Å². The minimum atomic E-state index is -1.42. The number of nitrogens with one attached hydrogen (secondary N) is 3. The van der Waals surface area contributed by atoms with Gasteiger partial charge < -0.3 is 30.9 Å². The van der Waals surface area contributed by atoms with E-state index >= 15 is 0 Å².